The molecule has 0 radical (unpaired) electrons. The van der Waals surface area contributed by atoms with E-state index in [1.165, 1.54) is 24.0 Å². The molecule has 1 aliphatic rings. The molecule has 3 rings (SSSR count). The van der Waals surface area contributed by atoms with Crippen molar-refractivity contribution >= 4 is 52.7 Å². The zero-order valence-corrected chi connectivity index (χ0v) is 40.0. The molecule has 0 spiro atoms. The molecule has 2 unspecified atom stereocenters. The number of likely N-dealkylation sites (tertiary alicyclic amines) is 1. The van der Waals surface area contributed by atoms with Gasteiger partial charge in [0.25, 0.3) is 5.91 Å². The van der Waals surface area contributed by atoms with Gasteiger partial charge in [0.15, 0.2) is 24.4 Å². The van der Waals surface area contributed by atoms with Crippen LogP contribution < -0.4 is 10.6 Å². The number of esters is 2. The zero-order valence-electron chi connectivity index (χ0n) is 39.2. The molecular formula is C47H71N5O11S. The Hall–Kier alpha value is -4.90. The van der Waals surface area contributed by atoms with Gasteiger partial charge in [-0.1, -0.05) is 66.5 Å². The van der Waals surface area contributed by atoms with E-state index in [9.17, 15) is 38.7 Å². The Morgan fingerprint density at radius 1 is 0.984 bits per heavy atom. The third-order valence-electron chi connectivity index (χ3n) is 11.9. The second-order valence-electron chi connectivity index (χ2n) is 17.3. The SMILES string of the molecule is CCCC(=O)OCN(C(=O)[C@@H](CC(=O)C1CCCCN1C)C(C)CC)[C@H](C[C@@H](OC(C)=O)c1nc(C(=O)N[C@@H](Cc2ccc(O)cc2)C[C@H](C)C(=O)CNC(=O)OCC)cs1)C(C)C. The number of nitrogens with zero attached hydrogens (tertiary/aromatic N) is 3. The van der Waals surface area contributed by atoms with E-state index in [0.29, 0.717) is 24.3 Å². The first-order valence-electron chi connectivity index (χ1n) is 22.7. The summed E-state index contributed by atoms with van der Waals surface area (Å²) in [5.41, 5.74) is 0.836. The fraction of sp³-hybridized carbons (Fsp3) is 0.660. The second kappa shape index (κ2) is 26.8. The van der Waals surface area contributed by atoms with Gasteiger partial charge in [-0.15, -0.1) is 11.3 Å². The molecule has 1 aromatic carbocycles. The molecule has 2 aromatic rings. The lowest BCUT2D eigenvalue weighted by molar-refractivity contribution is -0.161. The molecule has 3 amide bonds. The number of benzene rings is 1. The lowest BCUT2D eigenvalue weighted by Gasteiger charge is -2.39. The van der Waals surface area contributed by atoms with E-state index in [1.54, 1.807) is 31.4 Å². The number of carbonyl (C=O) groups is 7. The number of carbonyl (C=O) groups excluding carboxylic acids is 7. The van der Waals surface area contributed by atoms with Gasteiger partial charge in [0, 0.05) is 55.5 Å². The minimum absolute atomic E-state index is 0.00799. The summed E-state index contributed by atoms with van der Waals surface area (Å²) in [6.45, 7) is 14.6. The van der Waals surface area contributed by atoms with Gasteiger partial charge >= 0.3 is 18.0 Å². The van der Waals surface area contributed by atoms with Crippen molar-refractivity contribution < 1.29 is 52.9 Å². The fourth-order valence-corrected chi connectivity index (χ4v) is 8.81. The van der Waals surface area contributed by atoms with Gasteiger partial charge < -0.3 is 34.9 Å². The summed E-state index contributed by atoms with van der Waals surface area (Å²) < 4.78 is 16.4. The van der Waals surface area contributed by atoms with Crippen LogP contribution in [0.2, 0.25) is 0 Å². The molecule has 17 heteroatoms. The van der Waals surface area contributed by atoms with Crippen molar-refractivity contribution in [2.24, 2.45) is 23.7 Å². The van der Waals surface area contributed by atoms with Crippen LogP contribution in [0.25, 0.3) is 0 Å². The second-order valence-corrected chi connectivity index (χ2v) is 18.2. The van der Waals surface area contributed by atoms with Gasteiger partial charge in [-0.3, -0.25) is 33.7 Å². The molecule has 16 nitrogen and oxygen atoms in total. The van der Waals surface area contributed by atoms with Crippen LogP contribution in [0.15, 0.2) is 29.6 Å². The number of phenols is 1. The molecule has 356 valence electrons. The molecule has 1 saturated heterocycles. The standard InChI is InChI=1S/C47H71N5O11S/c1-10-15-43(57)62-28-52(46(59)36(30(6)11-2)24-40(55)38-16-13-14-21-51(38)9)39(29(4)5)25-42(63-32(8)53)45-50-37(27-64-45)44(58)49-34(23-33-17-19-35(54)20-18-33)22-31(7)41(56)26-48-47(60)61-12-3/h17-20,27,29-31,34,36,38-39,42,54H,10-16,21-26,28H2,1-9H3,(H,48,60)(H,49,58)/t30?,31-,34+,36-,38?,39+,42+/m0/s1. The van der Waals surface area contributed by atoms with Crippen LogP contribution >= 0.6 is 11.3 Å². The van der Waals surface area contributed by atoms with Gasteiger partial charge in [0.2, 0.25) is 5.91 Å². The van der Waals surface area contributed by atoms with E-state index in [4.69, 9.17) is 14.2 Å². The summed E-state index contributed by atoms with van der Waals surface area (Å²) in [5.74, 6) is -3.79. The number of alkyl carbamates (subject to hydrolysis) is 1. The molecule has 64 heavy (non-hydrogen) atoms. The first-order chi connectivity index (χ1) is 30.4. The number of aromatic hydroxyl groups is 1. The minimum atomic E-state index is -1.00. The van der Waals surface area contributed by atoms with Gasteiger partial charge in [0.1, 0.15) is 16.5 Å². The number of hydrogen-bond acceptors (Lipinski definition) is 14. The lowest BCUT2D eigenvalue weighted by atomic mass is 9.82. The summed E-state index contributed by atoms with van der Waals surface area (Å²) in [7, 11) is 1.94. The quantitative estimate of drug-likeness (QED) is 0.0505. The number of likely N-dealkylation sites (N-methyl/N-ethyl adjacent to an activating group) is 1. The van der Waals surface area contributed by atoms with Crippen LogP contribution in [0.3, 0.4) is 0 Å². The molecule has 2 heterocycles. The smallest absolute Gasteiger partial charge is 0.407 e. The average Bonchev–Trinajstić information content (AvgIpc) is 3.75. The number of nitrogens with one attached hydrogen (secondary N) is 2. The van der Waals surface area contributed by atoms with Crippen molar-refractivity contribution in [1.29, 1.82) is 0 Å². The maximum atomic E-state index is 14.9. The van der Waals surface area contributed by atoms with Crippen LogP contribution in [0.4, 0.5) is 4.79 Å². The van der Waals surface area contributed by atoms with Crippen molar-refractivity contribution in [3.63, 3.8) is 0 Å². The number of thiazole rings is 1. The number of hydrogen-bond donors (Lipinski definition) is 3. The Labute approximate surface area is 382 Å². The average molecular weight is 914 g/mol. The third-order valence-corrected chi connectivity index (χ3v) is 12.8. The number of amides is 3. The molecule has 1 aliphatic heterocycles. The maximum Gasteiger partial charge on any atom is 0.407 e. The van der Waals surface area contributed by atoms with Crippen LogP contribution in [-0.4, -0.2) is 113 Å². The molecule has 1 fully saturated rings. The number of ether oxygens (including phenoxy) is 3. The normalized spacial score (nSPS) is 16.9. The number of rotatable bonds is 26. The molecule has 1 aromatic heterocycles. The van der Waals surface area contributed by atoms with Crippen LogP contribution in [0.1, 0.15) is 140 Å². The number of ketones is 2. The predicted molar refractivity (Wildman–Crippen MR) is 242 cm³/mol. The number of aromatic nitrogens is 1. The summed E-state index contributed by atoms with van der Waals surface area (Å²) in [5, 5.41) is 17.1. The van der Waals surface area contributed by atoms with Gasteiger partial charge in [-0.2, -0.15) is 0 Å². The molecule has 3 N–H and O–H groups in total. The van der Waals surface area contributed by atoms with E-state index in [0.717, 1.165) is 42.7 Å². The fourth-order valence-electron chi connectivity index (χ4n) is 7.97. The molecule has 0 saturated carbocycles. The molecule has 0 aliphatic carbocycles. The van der Waals surface area contributed by atoms with Crippen molar-refractivity contribution in [3.05, 3.63) is 45.9 Å². The van der Waals surface area contributed by atoms with Crippen molar-refractivity contribution in [3.8, 4) is 5.75 Å². The van der Waals surface area contributed by atoms with E-state index < -0.39 is 54.0 Å². The van der Waals surface area contributed by atoms with Crippen molar-refractivity contribution in [1.82, 2.24) is 25.4 Å². The largest absolute Gasteiger partial charge is 0.508 e. The van der Waals surface area contributed by atoms with Crippen molar-refractivity contribution in [2.75, 3.05) is 33.5 Å². The van der Waals surface area contributed by atoms with Gasteiger partial charge in [-0.25, -0.2) is 9.78 Å². The maximum absolute atomic E-state index is 14.9. The molecular weight excluding hydrogens is 843 g/mol. The van der Waals surface area contributed by atoms with Crippen molar-refractivity contribution in [2.45, 2.75) is 144 Å². The van der Waals surface area contributed by atoms with Crippen LogP contribution in [0, 0.1) is 23.7 Å². The summed E-state index contributed by atoms with van der Waals surface area (Å²) in [6.07, 6.45) is 2.94. The monoisotopic (exact) mass is 913 g/mol. The van der Waals surface area contributed by atoms with Crippen LogP contribution in [-0.2, 0) is 44.6 Å². The Morgan fingerprint density at radius 2 is 1.69 bits per heavy atom. The highest BCUT2D eigenvalue weighted by molar-refractivity contribution is 7.09. The zero-order chi connectivity index (χ0) is 47.5. The first kappa shape index (κ1) is 53.4. The Kier molecular flexibility index (Phi) is 22.4. The van der Waals surface area contributed by atoms with E-state index in [-0.39, 0.29) is 92.4 Å². The number of piperidine rings is 1. The highest BCUT2D eigenvalue weighted by Crippen LogP contribution is 2.34. The first-order valence-corrected chi connectivity index (χ1v) is 23.6. The Morgan fingerprint density at radius 3 is 2.30 bits per heavy atom. The Balaban J connectivity index is 1.94. The summed E-state index contributed by atoms with van der Waals surface area (Å²) in [6, 6.07) is 5.00. The lowest BCUT2D eigenvalue weighted by Crippen LogP contribution is -2.50. The van der Waals surface area contributed by atoms with Gasteiger partial charge in [0.05, 0.1) is 19.2 Å². The highest BCUT2D eigenvalue weighted by atomic mass is 32.1. The van der Waals surface area contributed by atoms with E-state index in [2.05, 4.69) is 20.5 Å². The molecule has 7 atom stereocenters. The summed E-state index contributed by atoms with van der Waals surface area (Å²) in [4.78, 5) is 101. The van der Waals surface area contributed by atoms with Crippen LogP contribution in [0.5, 0.6) is 5.75 Å². The minimum Gasteiger partial charge on any atom is -0.508 e. The van der Waals surface area contributed by atoms with E-state index in [1.807, 2.05) is 41.7 Å². The Bertz CT molecular complexity index is 1850. The summed E-state index contributed by atoms with van der Waals surface area (Å²) >= 11 is 1.11. The predicted octanol–water partition coefficient (Wildman–Crippen LogP) is 6.79. The molecule has 0 bridgehead atoms. The highest BCUT2D eigenvalue weighted by Gasteiger charge is 2.39. The number of Topliss-reactive ketones (excluding diaryl/α,β-unsaturated/α-hetero) is 2. The topological polar surface area (TPSA) is 211 Å². The van der Waals surface area contributed by atoms with Gasteiger partial charge in [-0.05, 0) is 82.2 Å². The number of phenolic OH excluding ortho intramolecular Hbond substituents is 1. The van der Waals surface area contributed by atoms with E-state index >= 15 is 0 Å². The third kappa shape index (κ3) is 16.9.